The first-order valence-corrected chi connectivity index (χ1v) is 9.65. The average molecular weight is 398 g/mol. The number of pyridine rings is 1. The van der Waals surface area contributed by atoms with Crippen molar-refractivity contribution in [3.63, 3.8) is 0 Å². The van der Waals surface area contributed by atoms with E-state index in [0.29, 0.717) is 6.54 Å². The molecule has 6 nitrogen and oxygen atoms in total. The van der Waals surface area contributed by atoms with E-state index >= 15 is 0 Å². The maximum Gasteiger partial charge on any atom is 0.276 e. The van der Waals surface area contributed by atoms with Crippen LogP contribution < -0.4 is 11.0 Å². The van der Waals surface area contributed by atoms with E-state index in [1.807, 2.05) is 73.3 Å². The molecule has 0 fully saturated rings. The van der Waals surface area contributed by atoms with Crippen LogP contribution in [0.4, 0.5) is 0 Å². The number of amides is 1. The minimum absolute atomic E-state index is 0.0553. The first-order chi connectivity index (χ1) is 14.5. The minimum Gasteiger partial charge on any atom is -0.350 e. The molecule has 4 aromatic rings. The number of carbonyl (C=O) groups excluding carboxylic acids is 1. The lowest BCUT2D eigenvalue weighted by molar-refractivity contribution is 0.0953. The molecule has 0 aliphatic rings. The second kappa shape index (κ2) is 8.21. The molecule has 1 amide bonds. The van der Waals surface area contributed by atoms with Gasteiger partial charge in [-0.25, -0.2) is 5.43 Å². The smallest absolute Gasteiger partial charge is 0.276 e. The van der Waals surface area contributed by atoms with Gasteiger partial charge in [0, 0.05) is 35.9 Å². The first kappa shape index (κ1) is 19.4. The van der Waals surface area contributed by atoms with Crippen LogP contribution in [0.3, 0.4) is 0 Å². The van der Waals surface area contributed by atoms with Gasteiger partial charge in [0.2, 0.25) is 0 Å². The van der Waals surface area contributed by atoms with Gasteiger partial charge in [0.15, 0.2) is 0 Å². The Labute approximate surface area is 174 Å². The van der Waals surface area contributed by atoms with Gasteiger partial charge in [0.1, 0.15) is 5.56 Å². The van der Waals surface area contributed by atoms with Crippen LogP contribution >= 0.6 is 0 Å². The third kappa shape index (κ3) is 3.93. The highest BCUT2D eigenvalue weighted by atomic mass is 16.2. The van der Waals surface area contributed by atoms with E-state index in [9.17, 15) is 9.59 Å². The standard InChI is InChI=1S/C24H22N4O2/c1-17-9-11-18(12-10-17)15-28-13-5-7-21(24(28)30)23(29)26-25-14-19-16-27(2)22-8-4-3-6-20(19)22/h3-14,16H,15H2,1-2H3,(H,26,29)/b25-14-. The molecular weight excluding hydrogens is 376 g/mol. The van der Waals surface area contributed by atoms with E-state index in [1.165, 1.54) is 10.6 Å². The number of aryl methyl sites for hydroxylation is 2. The van der Waals surface area contributed by atoms with Crippen molar-refractivity contribution >= 4 is 23.0 Å². The van der Waals surface area contributed by atoms with Crippen LogP contribution in [0.15, 0.2) is 83.0 Å². The molecule has 2 aromatic carbocycles. The van der Waals surface area contributed by atoms with Crippen molar-refractivity contribution < 1.29 is 4.79 Å². The largest absolute Gasteiger partial charge is 0.350 e. The van der Waals surface area contributed by atoms with Crippen molar-refractivity contribution in [1.29, 1.82) is 0 Å². The van der Waals surface area contributed by atoms with Gasteiger partial charge in [0.25, 0.3) is 11.5 Å². The number of aromatic nitrogens is 2. The summed E-state index contributed by atoms with van der Waals surface area (Å²) in [6.45, 7) is 2.42. The summed E-state index contributed by atoms with van der Waals surface area (Å²) in [5.41, 5.74) is 6.29. The van der Waals surface area contributed by atoms with Crippen LogP contribution in [0.5, 0.6) is 0 Å². The topological polar surface area (TPSA) is 68.4 Å². The van der Waals surface area contributed by atoms with E-state index in [4.69, 9.17) is 0 Å². The maximum absolute atomic E-state index is 12.7. The Morgan fingerprint density at radius 2 is 1.83 bits per heavy atom. The van der Waals surface area contributed by atoms with Crippen LogP contribution in [0.25, 0.3) is 10.9 Å². The quantitative estimate of drug-likeness (QED) is 0.413. The van der Waals surface area contributed by atoms with Gasteiger partial charge in [-0.05, 0) is 30.7 Å². The lowest BCUT2D eigenvalue weighted by Crippen LogP contribution is -2.30. The molecule has 2 heterocycles. The molecule has 1 N–H and O–H groups in total. The monoisotopic (exact) mass is 398 g/mol. The van der Waals surface area contributed by atoms with Gasteiger partial charge in [-0.3, -0.25) is 9.59 Å². The highest BCUT2D eigenvalue weighted by molar-refractivity contribution is 6.00. The number of benzene rings is 2. The summed E-state index contributed by atoms with van der Waals surface area (Å²) in [5, 5.41) is 5.10. The predicted octanol–water partition coefficient (Wildman–Crippen LogP) is 3.46. The molecule has 30 heavy (non-hydrogen) atoms. The molecule has 0 atom stereocenters. The third-order valence-electron chi connectivity index (χ3n) is 5.04. The van der Waals surface area contributed by atoms with Crippen LogP contribution in [-0.4, -0.2) is 21.3 Å². The van der Waals surface area contributed by atoms with Crippen molar-refractivity contribution in [1.82, 2.24) is 14.6 Å². The van der Waals surface area contributed by atoms with E-state index in [1.54, 1.807) is 18.5 Å². The Morgan fingerprint density at radius 3 is 2.63 bits per heavy atom. The second-order valence-electron chi connectivity index (χ2n) is 7.25. The fourth-order valence-corrected chi connectivity index (χ4v) is 3.42. The van der Waals surface area contributed by atoms with E-state index in [0.717, 1.165) is 27.6 Å². The molecule has 2 aromatic heterocycles. The molecule has 150 valence electrons. The van der Waals surface area contributed by atoms with Crippen molar-refractivity contribution in [3.8, 4) is 0 Å². The number of rotatable bonds is 5. The molecule has 0 spiro atoms. The van der Waals surface area contributed by atoms with Gasteiger partial charge in [0.05, 0.1) is 12.8 Å². The fraction of sp³-hybridized carbons (Fsp3) is 0.125. The predicted molar refractivity (Wildman–Crippen MR) is 119 cm³/mol. The Bertz CT molecular complexity index is 1300. The number of fused-ring (bicyclic) bond motifs is 1. The number of hydrogen-bond donors (Lipinski definition) is 1. The lowest BCUT2D eigenvalue weighted by Gasteiger charge is -2.08. The van der Waals surface area contributed by atoms with Crippen molar-refractivity contribution in [2.24, 2.45) is 12.1 Å². The van der Waals surface area contributed by atoms with Crippen LogP contribution in [0.1, 0.15) is 27.0 Å². The summed E-state index contributed by atoms with van der Waals surface area (Å²) >= 11 is 0. The third-order valence-corrected chi connectivity index (χ3v) is 5.04. The number of carbonyl (C=O) groups is 1. The zero-order valence-corrected chi connectivity index (χ0v) is 16.9. The molecule has 0 bridgehead atoms. The van der Waals surface area contributed by atoms with Gasteiger partial charge in [-0.1, -0.05) is 48.0 Å². The van der Waals surface area contributed by atoms with Crippen LogP contribution in [0, 0.1) is 6.92 Å². The minimum atomic E-state index is -0.533. The van der Waals surface area contributed by atoms with E-state index in [2.05, 4.69) is 10.5 Å². The zero-order valence-electron chi connectivity index (χ0n) is 16.9. The van der Waals surface area contributed by atoms with E-state index in [-0.39, 0.29) is 11.1 Å². The summed E-state index contributed by atoms with van der Waals surface area (Å²) in [6, 6.07) is 19.1. The summed E-state index contributed by atoms with van der Waals surface area (Å²) in [5.74, 6) is -0.533. The SMILES string of the molecule is Cc1ccc(Cn2cccc(C(=O)N/N=C\c3cn(C)c4ccccc34)c2=O)cc1. The molecule has 0 saturated heterocycles. The van der Waals surface area contributed by atoms with Crippen molar-refractivity contribution in [2.45, 2.75) is 13.5 Å². The Morgan fingerprint density at radius 1 is 1.07 bits per heavy atom. The highest BCUT2D eigenvalue weighted by Crippen LogP contribution is 2.18. The van der Waals surface area contributed by atoms with Crippen molar-refractivity contribution in [2.75, 3.05) is 0 Å². The summed E-state index contributed by atoms with van der Waals surface area (Å²) in [4.78, 5) is 25.3. The Kier molecular flexibility index (Phi) is 5.30. The van der Waals surface area contributed by atoms with Crippen LogP contribution in [-0.2, 0) is 13.6 Å². The molecule has 4 rings (SSSR count). The normalized spacial score (nSPS) is 11.3. The summed E-state index contributed by atoms with van der Waals surface area (Å²) < 4.78 is 3.52. The molecule has 0 aliphatic heterocycles. The molecular formula is C24H22N4O2. The van der Waals surface area contributed by atoms with Crippen LogP contribution in [0.2, 0.25) is 0 Å². The summed E-state index contributed by atoms with van der Waals surface area (Å²) in [6.07, 6.45) is 5.21. The highest BCUT2D eigenvalue weighted by Gasteiger charge is 2.12. The lowest BCUT2D eigenvalue weighted by atomic mass is 10.1. The Balaban J connectivity index is 1.51. The molecule has 0 saturated carbocycles. The number of nitrogens with zero attached hydrogens (tertiary/aromatic N) is 3. The molecule has 0 unspecified atom stereocenters. The Hall–Kier alpha value is -3.93. The van der Waals surface area contributed by atoms with Gasteiger partial charge < -0.3 is 9.13 Å². The number of nitrogens with one attached hydrogen (secondary N) is 1. The first-order valence-electron chi connectivity index (χ1n) is 9.65. The van der Waals surface area contributed by atoms with Gasteiger partial charge in [-0.15, -0.1) is 0 Å². The van der Waals surface area contributed by atoms with Gasteiger partial charge in [-0.2, -0.15) is 5.10 Å². The number of hydrogen-bond acceptors (Lipinski definition) is 3. The number of hydrazone groups is 1. The summed E-state index contributed by atoms with van der Waals surface area (Å²) in [7, 11) is 1.96. The van der Waals surface area contributed by atoms with Crippen molar-refractivity contribution in [3.05, 3.63) is 106 Å². The molecule has 0 aliphatic carbocycles. The zero-order chi connectivity index (χ0) is 21.1. The second-order valence-corrected chi connectivity index (χ2v) is 7.25. The van der Waals surface area contributed by atoms with E-state index < -0.39 is 5.91 Å². The average Bonchev–Trinajstić information content (AvgIpc) is 3.07. The maximum atomic E-state index is 12.7. The fourth-order valence-electron chi connectivity index (χ4n) is 3.42. The molecule has 0 radical (unpaired) electrons. The number of para-hydroxylation sites is 1. The molecule has 6 heteroatoms. The van der Waals surface area contributed by atoms with Gasteiger partial charge >= 0.3 is 0 Å².